The lowest BCUT2D eigenvalue weighted by Gasteiger charge is -2.38. The molecule has 0 amide bonds. The zero-order valence-corrected chi connectivity index (χ0v) is 18.3. The number of hydrazone groups is 1. The van der Waals surface area contributed by atoms with Crippen molar-refractivity contribution in [3.8, 4) is 11.5 Å². The largest absolute Gasteiger partial charge is 0.490 e. The van der Waals surface area contributed by atoms with Crippen LogP contribution >= 0.6 is 0 Å². The number of nitrogens with zero attached hydrogens (tertiary/aromatic N) is 2. The highest BCUT2D eigenvalue weighted by Crippen LogP contribution is 2.50. The fraction of sp³-hybridized carbons (Fsp3) is 0.231. The van der Waals surface area contributed by atoms with Crippen molar-refractivity contribution >= 4 is 11.7 Å². The summed E-state index contributed by atoms with van der Waals surface area (Å²) in [6.07, 6.45) is 0.127. The van der Waals surface area contributed by atoms with Crippen LogP contribution in [0.25, 0.3) is 0 Å². The molecule has 0 saturated carbocycles. The number of para-hydroxylation sites is 1. The molecule has 2 atom stereocenters. The fourth-order valence-corrected chi connectivity index (χ4v) is 4.29. The first-order valence-electron chi connectivity index (χ1n) is 10.8. The standard InChI is InChI=1S/C26H23FN2O4/c1-3-32-23-6-4-5-20-22-15-21(16-11-13-19(27)14-12-16)28-29(22)25(33-24(20)23)17-7-9-18(10-8-17)26(30)31-2/h4-14,22,25H,3,15H2,1-2H3. The Labute approximate surface area is 191 Å². The summed E-state index contributed by atoms with van der Waals surface area (Å²) >= 11 is 0. The summed E-state index contributed by atoms with van der Waals surface area (Å²) in [5, 5.41) is 6.82. The van der Waals surface area contributed by atoms with Crippen LogP contribution < -0.4 is 9.47 Å². The van der Waals surface area contributed by atoms with Gasteiger partial charge in [0.25, 0.3) is 0 Å². The fourth-order valence-electron chi connectivity index (χ4n) is 4.29. The number of benzene rings is 3. The molecule has 5 rings (SSSR count). The second kappa shape index (κ2) is 8.58. The second-order valence-electron chi connectivity index (χ2n) is 7.84. The average Bonchev–Trinajstić information content (AvgIpc) is 3.30. The van der Waals surface area contributed by atoms with Crippen molar-refractivity contribution in [1.29, 1.82) is 0 Å². The predicted molar refractivity (Wildman–Crippen MR) is 121 cm³/mol. The molecule has 0 radical (unpaired) electrons. The summed E-state index contributed by atoms with van der Waals surface area (Å²) in [6.45, 7) is 2.45. The van der Waals surface area contributed by atoms with Gasteiger partial charge in [-0.3, -0.25) is 0 Å². The van der Waals surface area contributed by atoms with Gasteiger partial charge >= 0.3 is 5.97 Å². The van der Waals surface area contributed by atoms with E-state index in [0.29, 0.717) is 30.1 Å². The number of esters is 1. The molecule has 0 bridgehead atoms. The van der Waals surface area contributed by atoms with Crippen molar-refractivity contribution in [3.05, 3.63) is 94.8 Å². The summed E-state index contributed by atoms with van der Waals surface area (Å²) < 4.78 is 30.6. The summed E-state index contributed by atoms with van der Waals surface area (Å²) in [6, 6.07) is 19.3. The highest BCUT2D eigenvalue weighted by atomic mass is 19.1. The molecule has 0 saturated heterocycles. The SMILES string of the molecule is CCOc1cccc2c1OC(c1ccc(C(=O)OC)cc1)N1N=C(c3ccc(F)cc3)CC21. The maximum atomic E-state index is 13.5. The quantitative estimate of drug-likeness (QED) is 0.501. The van der Waals surface area contributed by atoms with Crippen LogP contribution in [0.4, 0.5) is 4.39 Å². The lowest BCUT2D eigenvalue weighted by molar-refractivity contribution is -0.0212. The molecule has 0 N–H and O–H groups in total. The number of rotatable bonds is 5. The van der Waals surface area contributed by atoms with Gasteiger partial charge in [-0.1, -0.05) is 36.4 Å². The van der Waals surface area contributed by atoms with E-state index in [9.17, 15) is 9.18 Å². The van der Waals surface area contributed by atoms with E-state index < -0.39 is 12.2 Å². The first-order valence-corrected chi connectivity index (χ1v) is 10.8. The van der Waals surface area contributed by atoms with Gasteiger partial charge in [-0.05, 0) is 42.8 Å². The Morgan fingerprint density at radius 2 is 1.88 bits per heavy atom. The third-order valence-corrected chi connectivity index (χ3v) is 5.87. The van der Waals surface area contributed by atoms with E-state index >= 15 is 0 Å². The molecular weight excluding hydrogens is 423 g/mol. The second-order valence-corrected chi connectivity index (χ2v) is 7.84. The van der Waals surface area contributed by atoms with Crippen LogP contribution in [0.3, 0.4) is 0 Å². The van der Waals surface area contributed by atoms with Crippen LogP contribution in [-0.4, -0.2) is 30.4 Å². The first kappa shape index (κ1) is 21.0. The molecule has 6 nitrogen and oxygen atoms in total. The van der Waals surface area contributed by atoms with Gasteiger partial charge in [0.1, 0.15) is 5.82 Å². The predicted octanol–water partition coefficient (Wildman–Crippen LogP) is 5.25. The van der Waals surface area contributed by atoms with Gasteiger partial charge in [0.15, 0.2) is 11.5 Å². The third-order valence-electron chi connectivity index (χ3n) is 5.87. The Morgan fingerprint density at radius 1 is 1.12 bits per heavy atom. The van der Waals surface area contributed by atoms with Crippen molar-refractivity contribution in [3.63, 3.8) is 0 Å². The van der Waals surface area contributed by atoms with Gasteiger partial charge in [-0.2, -0.15) is 5.10 Å². The molecule has 0 aromatic heterocycles. The summed E-state index contributed by atoms with van der Waals surface area (Å²) in [5.74, 6) is 0.693. The maximum absolute atomic E-state index is 13.5. The summed E-state index contributed by atoms with van der Waals surface area (Å²) in [4.78, 5) is 11.9. The summed E-state index contributed by atoms with van der Waals surface area (Å²) in [7, 11) is 1.35. The Bertz CT molecular complexity index is 1210. The number of methoxy groups -OCH3 is 1. The monoisotopic (exact) mass is 446 g/mol. The molecule has 2 aliphatic heterocycles. The van der Waals surface area contributed by atoms with E-state index in [2.05, 4.69) is 0 Å². The molecule has 0 aliphatic carbocycles. The van der Waals surface area contributed by atoms with E-state index in [4.69, 9.17) is 19.3 Å². The van der Waals surface area contributed by atoms with Gasteiger partial charge in [-0.15, -0.1) is 0 Å². The molecule has 33 heavy (non-hydrogen) atoms. The lowest BCUT2D eigenvalue weighted by atomic mass is 9.95. The van der Waals surface area contributed by atoms with Gasteiger partial charge in [0, 0.05) is 17.5 Å². The van der Waals surface area contributed by atoms with E-state index in [1.165, 1.54) is 19.2 Å². The number of fused-ring (bicyclic) bond motifs is 3. The Balaban J connectivity index is 1.57. The minimum atomic E-state index is -0.520. The number of hydrogen-bond acceptors (Lipinski definition) is 6. The number of ether oxygens (including phenoxy) is 3. The molecule has 0 spiro atoms. The zero-order valence-electron chi connectivity index (χ0n) is 18.3. The molecule has 3 aromatic rings. The number of carbonyl (C=O) groups excluding carboxylic acids is 1. The molecule has 3 aromatic carbocycles. The summed E-state index contributed by atoms with van der Waals surface area (Å²) in [5.41, 5.74) is 4.02. The number of halogens is 1. The van der Waals surface area contributed by atoms with Crippen molar-refractivity contribution in [2.75, 3.05) is 13.7 Å². The van der Waals surface area contributed by atoms with Crippen LogP contribution in [0.1, 0.15) is 52.7 Å². The van der Waals surface area contributed by atoms with E-state index in [-0.39, 0.29) is 11.9 Å². The molecule has 7 heteroatoms. The minimum Gasteiger partial charge on any atom is -0.490 e. The number of carbonyl (C=O) groups is 1. The number of hydrogen-bond donors (Lipinski definition) is 0. The van der Waals surface area contributed by atoms with Crippen LogP contribution in [-0.2, 0) is 4.74 Å². The smallest absolute Gasteiger partial charge is 0.337 e. The van der Waals surface area contributed by atoms with Crippen molar-refractivity contribution in [1.82, 2.24) is 5.01 Å². The Hall–Kier alpha value is -3.87. The normalized spacial score (nSPS) is 18.6. The zero-order chi connectivity index (χ0) is 22.9. The highest BCUT2D eigenvalue weighted by Gasteiger charge is 2.42. The first-order chi connectivity index (χ1) is 16.1. The van der Waals surface area contributed by atoms with Crippen molar-refractivity contribution in [2.45, 2.75) is 25.6 Å². The molecule has 0 fully saturated rings. The third kappa shape index (κ3) is 3.80. The molecule has 2 aliphatic rings. The van der Waals surface area contributed by atoms with Crippen molar-refractivity contribution < 1.29 is 23.4 Å². The molecule has 2 unspecified atom stereocenters. The Morgan fingerprint density at radius 3 is 2.58 bits per heavy atom. The van der Waals surface area contributed by atoms with Crippen LogP contribution in [0.5, 0.6) is 11.5 Å². The average molecular weight is 446 g/mol. The van der Waals surface area contributed by atoms with Gasteiger partial charge in [0.05, 0.1) is 31.0 Å². The maximum Gasteiger partial charge on any atom is 0.337 e. The molecule has 2 heterocycles. The minimum absolute atomic E-state index is 0.0699. The lowest BCUT2D eigenvalue weighted by Crippen LogP contribution is -2.34. The van der Waals surface area contributed by atoms with Gasteiger partial charge in [0.2, 0.25) is 6.23 Å². The van der Waals surface area contributed by atoms with Gasteiger partial charge < -0.3 is 14.2 Å². The van der Waals surface area contributed by atoms with Crippen LogP contribution in [0, 0.1) is 5.82 Å². The molecular formula is C26H23FN2O4. The van der Waals surface area contributed by atoms with Crippen LogP contribution in [0.2, 0.25) is 0 Å². The van der Waals surface area contributed by atoms with Crippen molar-refractivity contribution in [2.24, 2.45) is 5.10 Å². The highest BCUT2D eigenvalue weighted by molar-refractivity contribution is 6.02. The van der Waals surface area contributed by atoms with Gasteiger partial charge in [-0.25, -0.2) is 14.2 Å². The van der Waals surface area contributed by atoms with E-state index in [1.54, 1.807) is 24.3 Å². The van der Waals surface area contributed by atoms with E-state index in [1.807, 2.05) is 42.3 Å². The topological polar surface area (TPSA) is 60.4 Å². The van der Waals surface area contributed by atoms with Crippen LogP contribution in [0.15, 0.2) is 71.8 Å². The molecule has 168 valence electrons. The Kier molecular flexibility index (Phi) is 5.46. The van der Waals surface area contributed by atoms with E-state index in [0.717, 1.165) is 22.4 Å².